The van der Waals surface area contributed by atoms with Gasteiger partial charge in [-0.2, -0.15) is 0 Å². The average Bonchev–Trinajstić information content (AvgIpc) is 3.62. The normalized spacial score (nSPS) is 11.7. The van der Waals surface area contributed by atoms with Crippen LogP contribution >= 0.6 is 11.6 Å². The molecule has 0 saturated carbocycles. The van der Waals surface area contributed by atoms with Crippen molar-refractivity contribution in [2.24, 2.45) is 0 Å². The highest BCUT2D eigenvalue weighted by atomic mass is 35.5. The highest BCUT2D eigenvalue weighted by molar-refractivity contribution is 7.90. The fourth-order valence-electron chi connectivity index (χ4n) is 5.55. The van der Waals surface area contributed by atoms with Gasteiger partial charge in [0.25, 0.3) is 15.9 Å². The number of sulfonamides is 1. The molecule has 0 saturated heterocycles. The van der Waals surface area contributed by atoms with Crippen molar-refractivity contribution in [3.05, 3.63) is 118 Å². The molecule has 6 rings (SSSR count). The predicted octanol–water partition coefficient (Wildman–Crippen LogP) is 7.19. The van der Waals surface area contributed by atoms with Crippen LogP contribution in [0.25, 0.3) is 27.7 Å². The van der Waals surface area contributed by atoms with E-state index in [0.29, 0.717) is 19.4 Å². The number of amides is 1. The van der Waals surface area contributed by atoms with Crippen molar-refractivity contribution in [3.8, 4) is 16.9 Å². The Balaban J connectivity index is 1.37. The molecular weight excluding hydrogens is 596 g/mol. The van der Waals surface area contributed by atoms with Crippen LogP contribution in [-0.2, 0) is 16.4 Å². The minimum Gasteiger partial charge on any atom is -0.494 e. The number of halogens is 1. The van der Waals surface area contributed by atoms with Crippen molar-refractivity contribution in [1.29, 1.82) is 0 Å². The summed E-state index contributed by atoms with van der Waals surface area (Å²) in [7, 11) is -4.09. The second-order valence-electron chi connectivity index (χ2n) is 10.8. The van der Waals surface area contributed by atoms with Crippen molar-refractivity contribution in [2.75, 3.05) is 6.61 Å². The molecule has 8 nitrogen and oxygen atoms in total. The number of hydrogen-bond donors (Lipinski definition) is 2. The molecule has 224 valence electrons. The molecule has 0 atom stereocenters. The number of ether oxygens (including phenoxy) is 1. The summed E-state index contributed by atoms with van der Waals surface area (Å²) >= 11 is 6.31. The molecule has 0 bridgehead atoms. The maximum Gasteiger partial charge on any atom is 0.281 e. The number of rotatable bonds is 9. The van der Waals surface area contributed by atoms with Gasteiger partial charge in [0.2, 0.25) is 0 Å². The summed E-state index contributed by atoms with van der Waals surface area (Å²) < 4.78 is 36.4. The first-order valence-electron chi connectivity index (χ1n) is 14.2. The maximum atomic E-state index is 13.7. The van der Waals surface area contributed by atoms with Gasteiger partial charge >= 0.3 is 0 Å². The number of para-hydroxylation sites is 1. The van der Waals surface area contributed by atoms with E-state index in [4.69, 9.17) is 16.3 Å². The number of nitrogens with one attached hydrogen (secondary N) is 2. The molecule has 0 aliphatic carbocycles. The van der Waals surface area contributed by atoms with E-state index in [1.807, 2.05) is 74.0 Å². The van der Waals surface area contributed by atoms with E-state index < -0.39 is 15.9 Å². The SMILES string of the molecule is Cc1cc2nccn2cc1-c1cccc2c(CCCOc3cc(C)c(Cl)c(C)c3)c(C(=O)NS(=O)(=O)c3ccccc3)[nH]c12. The predicted molar refractivity (Wildman–Crippen MR) is 173 cm³/mol. The Morgan fingerprint density at radius 2 is 1.73 bits per heavy atom. The molecule has 3 heterocycles. The van der Waals surface area contributed by atoms with Gasteiger partial charge in [-0.15, -0.1) is 0 Å². The van der Waals surface area contributed by atoms with Crippen molar-refractivity contribution in [3.63, 3.8) is 0 Å². The van der Waals surface area contributed by atoms with E-state index in [2.05, 4.69) is 14.7 Å². The van der Waals surface area contributed by atoms with Crippen LogP contribution in [0.15, 0.2) is 90.2 Å². The molecule has 0 aliphatic rings. The Morgan fingerprint density at radius 3 is 2.48 bits per heavy atom. The smallest absolute Gasteiger partial charge is 0.281 e. The van der Waals surface area contributed by atoms with Crippen LogP contribution in [0, 0.1) is 20.8 Å². The molecule has 0 spiro atoms. The second kappa shape index (κ2) is 11.8. The zero-order valence-corrected chi connectivity index (χ0v) is 26.1. The number of H-pyrrole nitrogens is 1. The minimum atomic E-state index is -4.09. The first-order chi connectivity index (χ1) is 21.1. The second-order valence-corrected chi connectivity index (χ2v) is 12.9. The summed E-state index contributed by atoms with van der Waals surface area (Å²) in [6.45, 7) is 6.29. The van der Waals surface area contributed by atoms with Crippen LogP contribution < -0.4 is 9.46 Å². The third kappa shape index (κ3) is 5.68. The number of imidazole rings is 1. The van der Waals surface area contributed by atoms with Crippen LogP contribution in [0.1, 0.15) is 39.2 Å². The van der Waals surface area contributed by atoms with Crippen LogP contribution in [0.2, 0.25) is 5.02 Å². The van der Waals surface area contributed by atoms with Gasteiger partial charge in [-0.1, -0.05) is 48.0 Å². The molecule has 6 aromatic rings. The number of aromatic amines is 1. The Labute approximate surface area is 260 Å². The Bertz CT molecular complexity index is 2110. The fraction of sp³-hybridized carbons (Fsp3) is 0.176. The minimum absolute atomic E-state index is 0.0120. The molecule has 0 fully saturated rings. The van der Waals surface area contributed by atoms with Crippen molar-refractivity contribution in [2.45, 2.75) is 38.5 Å². The van der Waals surface area contributed by atoms with E-state index in [9.17, 15) is 13.2 Å². The summed E-state index contributed by atoms with van der Waals surface area (Å²) in [4.78, 5) is 21.4. The number of carbonyl (C=O) groups excluding carboxylic acids is 1. The largest absolute Gasteiger partial charge is 0.494 e. The highest BCUT2D eigenvalue weighted by Crippen LogP contribution is 2.35. The molecule has 0 aliphatic heterocycles. The summed E-state index contributed by atoms with van der Waals surface area (Å²) in [5.74, 6) is 0.000518. The molecule has 2 N–H and O–H groups in total. The lowest BCUT2D eigenvalue weighted by Crippen LogP contribution is -2.31. The topological polar surface area (TPSA) is 106 Å². The van der Waals surface area contributed by atoms with E-state index in [0.717, 1.165) is 60.7 Å². The number of aryl methyl sites for hydroxylation is 4. The standard InChI is InChI=1S/C34H31ClN4O4S/c1-21-19-30-36-14-15-39(30)20-29(21)28-12-7-11-26-27(13-8-16-43-24-17-22(2)31(35)23(3)18-24)33(37-32(26)28)34(40)38-44(41,42)25-9-5-4-6-10-25/h4-7,9-12,14-15,17-20,37H,8,13,16H2,1-3H3,(H,38,40). The molecular formula is C34H31ClN4O4S. The van der Waals surface area contributed by atoms with Crippen LogP contribution in [0.3, 0.4) is 0 Å². The fourth-order valence-corrected chi connectivity index (χ4v) is 6.64. The number of aromatic nitrogens is 3. The van der Waals surface area contributed by atoms with E-state index in [1.165, 1.54) is 12.1 Å². The average molecular weight is 627 g/mol. The third-order valence-electron chi connectivity index (χ3n) is 7.73. The summed E-state index contributed by atoms with van der Waals surface area (Å²) in [5.41, 5.74) is 7.26. The quantitative estimate of drug-likeness (QED) is 0.165. The highest BCUT2D eigenvalue weighted by Gasteiger charge is 2.25. The van der Waals surface area contributed by atoms with Crippen molar-refractivity contribution in [1.82, 2.24) is 19.1 Å². The summed E-state index contributed by atoms with van der Waals surface area (Å²) in [6, 6.07) is 19.6. The number of carbonyl (C=O) groups is 1. The molecule has 0 unspecified atom stereocenters. The van der Waals surface area contributed by atoms with E-state index in [1.54, 1.807) is 24.4 Å². The van der Waals surface area contributed by atoms with E-state index in [-0.39, 0.29) is 10.6 Å². The number of fused-ring (bicyclic) bond motifs is 2. The molecule has 10 heteroatoms. The Morgan fingerprint density at radius 1 is 0.977 bits per heavy atom. The van der Waals surface area contributed by atoms with Crippen molar-refractivity contribution >= 4 is 44.1 Å². The number of pyridine rings is 1. The maximum absolute atomic E-state index is 13.7. The molecule has 3 aromatic heterocycles. The Hall–Kier alpha value is -4.60. The summed E-state index contributed by atoms with van der Waals surface area (Å²) in [6.07, 6.45) is 6.70. The van der Waals surface area contributed by atoms with Crippen molar-refractivity contribution < 1.29 is 17.9 Å². The van der Waals surface area contributed by atoms with Gasteiger partial charge < -0.3 is 14.1 Å². The van der Waals surface area contributed by atoms with Crippen LogP contribution in [0.4, 0.5) is 0 Å². The number of hydrogen-bond acceptors (Lipinski definition) is 5. The van der Waals surface area contributed by atoms with E-state index >= 15 is 0 Å². The lowest BCUT2D eigenvalue weighted by atomic mass is 9.98. The van der Waals surface area contributed by atoms with Gasteiger partial charge in [0, 0.05) is 40.1 Å². The van der Waals surface area contributed by atoms with Crippen LogP contribution in [0.5, 0.6) is 5.75 Å². The monoisotopic (exact) mass is 626 g/mol. The zero-order valence-electron chi connectivity index (χ0n) is 24.5. The van der Waals surface area contributed by atoms with Gasteiger partial charge in [0.05, 0.1) is 17.0 Å². The van der Waals surface area contributed by atoms with Gasteiger partial charge in [-0.05, 0) is 86.2 Å². The lowest BCUT2D eigenvalue weighted by Gasteiger charge is -2.11. The molecule has 0 radical (unpaired) electrons. The first-order valence-corrected chi connectivity index (χ1v) is 16.1. The van der Waals surface area contributed by atoms with Gasteiger partial charge in [0.15, 0.2) is 0 Å². The van der Waals surface area contributed by atoms with Gasteiger partial charge in [-0.3, -0.25) is 4.79 Å². The van der Waals surface area contributed by atoms with Gasteiger partial charge in [0.1, 0.15) is 17.1 Å². The molecule has 3 aromatic carbocycles. The third-order valence-corrected chi connectivity index (χ3v) is 9.67. The zero-order chi connectivity index (χ0) is 31.0. The first kappa shape index (κ1) is 29.5. The van der Waals surface area contributed by atoms with Crippen LogP contribution in [-0.4, -0.2) is 35.3 Å². The number of benzene rings is 3. The molecule has 1 amide bonds. The summed E-state index contributed by atoms with van der Waals surface area (Å²) in [5, 5.41) is 1.56. The van der Waals surface area contributed by atoms with Gasteiger partial charge in [-0.25, -0.2) is 18.1 Å². The molecule has 44 heavy (non-hydrogen) atoms. The lowest BCUT2D eigenvalue weighted by molar-refractivity contribution is 0.0976. The number of nitrogens with zero attached hydrogens (tertiary/aromatic N) is 2. The Kier molecular flexibility index (Phi) is 7.92.